The summed E-state index contributed by atoms with van der Waals surface area (Å²) in [5.74, 6) is -0.493. The molecule has 174 valence electrons. The van der Waals surface area contributed by atoms with Gasteiger partial charge in [0.05, 0.1) is 12.2 Å². The highest BCUT2D eigenvalue weighted by Crippen LogP contribution is 2.44. The van der Waals surface area contributed by atoms with E-state index >= 15 is 0 Å². The number of halogens is 1. The first-order valence-corrected chi connectivity index (χ1v) is 13.6. The summed E-state index contributed by atoms with van der Waals surface area (Å²) in [6.45, 7) is 1.47. The summed E-state index contributed by atoms with van der Waals surface area (Å²) in [4.78, 5) is 19.9. The van der Waals surface area contributed by atoms with Crippen molar-refractivity contribution in [2.24, 2.45) is 0 Å². The third-order valence-corrected chi connectivity index (χ3v) is 10.1. The number of nitrogens with one attached hydrogen (secondary N) is 2. The smallest absolute Gasteiger partial charge is 0.245 e. The predicted molar refractivity (Wildman–Crippen MR) is 125 cm³/mol. The summed E-state index contributed by atoms with van der Waals surface area (Å²) < 4.78 is 31.1. The van der Waals surface area contributed by atoms with Gasteiger partial charge < -0.3 is 10.1 Å². The molecule has 2 aliphatic heterocycles. The van der Waals surface area contributed by atoms with Crippen LogP contribution in [0.1, 0.15) is 37.0 Å². The summed E-state index contributed by atoms with van der Waals surface area (Å²) in [6.07, 6.45) is 2.24. The topological polar surface area (TPSA) is 93.7 Å². The standard InChI is InChI=1S/C22H27ClN2O5S2/c23-17-6-4-16(5-7-17)18-8-9-19(31-18)22(10-11-24-12-14-32(22,27)28)15-20(26)25-30-21-3-1-2-13-29-21/h4-9,21,24H,1-3,10-15H2,(H,25,26)/t21?,22-/m0/s1. The number of sulfone groups is 1. The highest BCUT2D eigenvalue weighted by Gasteiger charge is 2.48. The molecule has 1 unspecified atom stereocenters. The molecule has 3 heterocycles. The average Bonchev–Trinajstić information content (AvgIpc) is 3.23. The number of carbonyl (C=O) groups excluding carboxylic acids is 1. The first-order chi connectivity index (χ1) is 15.4. The SMILES string of the molecule is O=C(C[C@]1(c2ccc(-c3ccc(Cl)cc3)s2)CCNCCS1(=O)=O)NOC1CCCCO1. The Bertz CT molecular complexity index is 1030. The third kappa shape index (κ3) is 5.18. The number of hydrogen-bond donors (Lipinski definition) is 2. The lowest BCUT2D eigenvalue weighted by Gasteiger charge is -2.31. The van der Waals surface area contributed by atoms with Crippen molar-refractivity contribution < 1.29 is 22.8 Å². The van der Waals surface area contributed by atoms with Crippen molar-refractivity contribution in [2.75, 3.05) is 25.4 Å². The van der Waals surface area contributed by atoms with Gasteiger partial charge in [-0.2, -0.15) is 0 Å². The van der Waals surface area contributed by atoms with Crippen molar-refractivity contribution in [1.29, 1.82) is 0 Å². The van der Waals surface area contributed by atoms with Gasteiger partial charge in [-0.3, -0.25) is 4.79 Å². The quantitative estimate of drug-likeness (QED) is 0.591. The van der Waals surface area contributed by atoms with Crippen molar-refractivity contribution >= 4 is 38.7 Å². The van der Waals surface area contributed by atoms with Gasteiger partial charge in [-0.15, -0.1) is 11.3 Å². The van der Waals surface area contributed by atoms with Crippen molar-refractivity contribution in [2.45, 2.75) is 43.1 Å². The molecule has 2 saturated heterocycles. The lowest BCUT2D eigenvalue weighted by molar-refractivity contribution is -0.200. The molecule has 2 aromatic rings. The molecule has 2 N–H and O–H groups in total. The van der Waals surface area contributed by atoms with Crippen molar-refractivity contribution in [3.63, 3.8) is 0 Å². The number of hydroxylamine groups is 1. The molecule has 1 aromatic heterocycles. The van der Waals surface area contributed by atoms with E-state index in [2.05, 4.69) is 10.8 Å². The molecule has 2 fully saturated rings. The van der Waals surface area contributed by atoms with Crippen LogP contribution >= 0.6 is 22.9 Å². The maximum absolute atomic E-state index is 13.5. The Morgan fingerprint density at radius 1 is 1.22 bits per heavy atom. The zero-order valence-electron chi connectivity index (χ0n) is 17.6. The molecule has 0 spiro atoms. The molecule has 10 heteroatoms. The van der Waals surface area contributed by atoms with E-state index in [1.54, 1.807) is 12.1 Å². The highest BCUT2D eigenvalue weighted by atomic mass is 35.5. The van der Waals surface area contributed by atoms with Crippen LogP contribution in [-0.2, 0) is 29.0 Å². The fourth-order valence-corrected chi connectivity index (χ4v) is 7.82. The Morgan fingerprint density at radius 3 is 2.78 bits per heavy atom. The van der Waals surface area contributed by atoms with Crippen LogP contribution in [0.4, 0.5) is 0 Å². The number of amides is 1. The Kier molecular flexibility index (Phi) is 7.54. The minimum Gasteiger partial charge on any atom is -0.350 e. The number of benzene rings is 1. The number of thiophene rings is 1. The van der Waals surface area contributed by atoms with Crippen LogP contribution < -0.4 is 10.8 Å². The van der Waals surface area contributed by atoms with Gasteiger partial charge in [-0.05, 0) is 55.6 Å². The Balaban J connectivity index is 1.60. The molecule has 2 atom stereocenters. The molecule has 0 bridgehead atoms. The zero-order chi connectivity index (χ0) is 22.6. The van der Waals surface area contributed by atoms with E-state index in [1.165, 1.54) is 11.3 Å². The molecule has 0 saturated carbocycles. The summed E-state index contributed by atoms with van der Waals surface area (Å²) in [7, 11) is -3.61. The third-order valence-electron chi connectivity index (χ3n) is 5.92. The molecule has 0 radical (unpaired) electrons. The van der Waals surface area contributed by atoms with Gasteiger partial charge in [0.25, 0.3) is 0 Å². The number of hydrogen-bond acceptors (Lipinski definition) is 7. The zero-order valence-corrected chi connectivity index (χ0v) is 20.0. The fourth-order valence-electron chi connectivity index (χ4n) is 4.12. The van der Waals surface area contributed by atoms with E-state index in [1.807, 2.05) is 24.3 Å². The van der Waals surface area contributed by atoms with Gasteiger partial charge in [0.1, 0.15) is 4.75 Å². The van der Waals surface area contributed by atoms with Crippen LogP contribution in [-0.4, -0.2) is 46.1 Å². The molecule has 4 rings (SSSR count). The van der Waals surface area contributed by atoms with E-state index < -0.39 is 26.8 Å². The lowest BCUT2D eigenvalue weighted by Crippen LogP contribution is -2.43. The molecule has 1 aromatic carbocycles. The van der Waals surface area contributed by atoms with Crippen LogP contribution in [0.25, 0.3) is 10.4 Å². The Hall–Kier alpha value is -1.49. The Morgan fingerprint density at radius 2 is 2.03 bits per heavy atom. The first kappa shape index (κ1) is 23.7. The van der Waals surface area contributed by atoms with Crippen LogP contribution in [0.3, 0.4) is 0 Å². The van der Waals surface area contributed by atoms with Crippen LogP contribution in [0.5, 0.6) is 0 Å². The van der Waals surface area contributed by atoms with Gasteiger partial charge in [-0.25, -0.2) is 18.7 Å². The number of ether oxygens (including phenoxy) is 1. The molecular formula is C22H27ClN2O5S2. The molecule has 2 aliphatic rings. The van der Waals surface area contributed by atoms with E-state index in [-0.39, 0.29) is 12.2 Å². The van der Waals surface area contributed by atoms with Gasteiger partial charge in [0, 0.05) is 34.3 Å². The minimum absolute atomic E-state index is 0.0267. The van der Waals surface area contributed by atoms with Crippen LogP contribution in [0.15, 0.2) is 36.4 Å². The second-order valence-electron chi connectivity index (χ2n) is 8.10. The van der Waals surface area contributed by atoms with Gasteiger partial charge in [-0.1, -0.05) is 23.7 Å². The first-order valence-electron chi connectivity index (χ1n) is 10.7. The Labute approximate surface area is 197 Å². The second kappa shape index (κ2) is 10.2. The van der Waals surface area contributed by atoms with Crippen molar-refractivity contribution in [3.8, 4) is 10.4 Å². The minimum atomic E-state index is -3.61. The molecule has 1 amide bonds. The van der Waals surface area contributed by atoms with Crippen LogP contribution in [0, 0.1) is 0 Å². The monoisotopic (exact) mass is 498 g/mol. The van der Waals surface area contributed by atoms with E-state index in [9.17, 15) is 13.2 Å². The summed E-state index contributed by atoms with van der Waals surface area (Å²) >= 11 is 7.40. The molecule has 7 nitrogen and oxygen atoms in total. The summed E-state index contributed by atoms with van der Waals surface area (Å²) in [6, 6.07) is 11.1. The normalized spacial score (nSPS) is 25.7. The van der Waals surface area contributed by atoms with E-state index in [0.29, 0.717) is 42.4 Å². The summed E-state index contributed by atoms with van der Waals surface area (Å²) in [5, 5.41) is 3.79. The lowest BCUT2D eigenvalue weighted by atomic mass is 9.97. The van der Waals surface area contributed by atoms with Crippen molar-refractivity contribution in [3.05, 3.63) is 46.3 Å². The number of carbonyl (C=O) groups is 1. The van der Waals surface area contributed by atoms with Gasteiger partial charge >= 0.3 is 0 Å². The van der Waals surface area contributed by atoms with Crippen LogP contribution in [0.2, 0.25) is 5.02 Å². The molecule has 32 heavy (non-hydrogen) atoms. The molecule has 0 aliphatic carbocycles. The number of rotatable bonds is 6. The van der Waals surface area contributed by atoms with Gasteiger partial charge in [0.2, 0.25) is 5.91 Å². The van der Waals surface area contributed by atoms with E-state index in [4.69, 9.17) is 21.2 Å². The predicted octanol–water partition coefficient (Wildman–Crippen LogP) is 3.64. The largest absolute Gasteiger partial charge is 0.350 e. The van der Waals surface area contributed by atoms with E-state index in [0.717, 1.165) is 23.3 Å². The average molecular weight is 499 g/mol. The maximum Gasteiger partial charge on any atom is 0.245 e. The fraction of sp³-hybridized carbons (Fsp3) is 0.500. The maximum atomic E-state index is 13.5. The second-order valence-corrected chi connectivity index (χ2v) is 12.0. The van der Waals surface area contributed by atoms with Gasteiger partial charge in [0.15, 0.2) is 16.1 Å². The molecular weight excluding hydrogens is 472 g/mol. The van der Waals surface area contributed by atoms with Crippen molar-refractivity contribution in [1.82, 2.24) is 10.8 Å². The summed E-state index contributed by atoms with van der Waals surface area (Å²) in [5.41, 5.74) is 3.39. The highest BCUT2D eigenvalue weighted by molar-refractivity contribution is 7.92.